The van der Waals surface area contributed by atoms with Gasteiger partial charge in [0.1, 0.15) is 5.01 Å². The van der Waals surface area contributed by atoms with Crippen molar-refractivity contribution in [1.29, 1.82) is 0 Å². The predicted octanol–water partition coefficient (Wildman–Crippen LogP) is 4.28. The number of nitrogens with one attached hydrogen (secondary N) is 2. The van der Waals surface area contributed by atoms with Crippen LogP contribution >= 0.6 is 35.3 Å². The van der Waals surface area contributed by atoms with E-state index in [1.165, 1.54) is 0 Å². The van der Waals surface area contributed by atoms with Gasteiger partial charge in [0.25, 0.3) is 0 Å². The van der Waals surface area contributed by atoms with Crippen molar-refractivity contribution in [3.05, 3.63) is 40.7 Å². The molecule has 27 heavy (non-hydrogen) atoms. The Bertz CT molecular complexity index is 657. The quantitative estimate of drug-likeness (QED) is 0.258. The number of benzene rings is 1. The van der Waals surface area contributed by atoms with E-state index in [2.05, 4.69) is 52.0 Å². The highest BCUT2D eigenvalue weighted by molar-refractivity contribution is 14.0. The third-order valence-corrected chi connectivity index (χ3v) is 4.96. The molecule has 2 aromatic rings. The van der Waals surface area contributed by atoms with Gasteiger partial charge in [-0.05, 0) is 25.7 Å². The second-order valence-corrected chi connectivity index (χ2v) is 7.18. The number of nitrogens with zero attached hydrogens (tertiary/aromatic N) is 2. The number of aliphatic hydroxyl groups excluding tert-OH is 1. The minimum Gasteiger partial charge on any atom is -0.396 e. The van der Waals surface area contributed by atoms with Gasteiger partial charge in [-0.25, -0.2) is 9.98 Å². The molecule has 150 valence electrons. The first-order chi connectivity index (χ1) is 12.8. The Labute approximate surface area is 183 Å². The molecule has 0 bridgehead atoms. The van der Waals surface area contributed by atoms with Crippen molar-refractivity contribution in [2.75, 3.05) is 19.7 Å². The zero-order valence-corrected chi connectivity index (χ0v) is 19.3. The number of thiazole rings is 1. The molecule has 1 aromatic carbocycles. The Hall–Kier alpha value is -1.19. The lowest BCUT2D eigenvalue weighted by Crippen LogP contribution is -2.40. The maximum Gasteiger partial charge on any atom is 0.191 e. The molecular weight excluding hydrogens is 471 g/mol. The highest BCUT2D eigenvalue weighted by atomic mass is 127. The molecule has 0 saturated carbocycles. The molecule has 0 aliphatic heterocycles. The number of aromatic nitrogens is 1. The van der Waals surface area contributed by atoms with Gasteiger partial charge in [-0.15, -0.1) is 35.3 Å². The Morgan fingerprint density at radius 2 is 1.96 bits per heavy atom. The fraction of sp³-hybridized carbons (Fsp3) is 0.500. The highest BCUT2D eigenvalue weighted by Gasteiger charge is 2.09. The molecule has 0 aliphatic rings. The summed E-state index contributed by atoms with van der Waals surface area (Å²) in [4.78, 5) is 9.35. The molecule has 0 aliphatic carbocycles. The van der Waals surface area contributed by atoms with Crippen molar-refractivity contribution in [2.45, 2.75) is 39.7 Å². The first kappa shape index (κ1) is 23.8. The maximum atomic E-state index is 9.20. The lowest BCUT2D eigenvalue weighted by molar-refractivity contribution is 0.251. The molecule has 5 nitrogen and oxygen atoms in total. The molecule has 7 heteroatoms. The molecule has 0 spiro atoms. The average molecular weight is 502 g/mol. The zero-order chi connectivity index (χ0) is 18.6. The van der Waals surface area contributed by atoms with Gasteiger partial charge in [-0.2, -0.15) is 0 Å². The summed E-state index contributed by atoms with van der Waals surface area (Å²) in [5, 5.41) is 19.0. The van der Waals surface area contributed by atoms with Crippen molar-refractivity contribution in [3.63, 3.8) is 0 Å². The lowest BCUT2D eigenvalue weighted by atomic mass is 10.0. The van der Waals surface area contributed by atoms with Crippen molar-refractivity contribution < 1.29 is 5.11 Å². The molecule has 0 saturated heterocycles. The van der Waals surface area contributed by atoms with Gasteiger partial charge in [0.05, 0.1) is 12.2 Å². The molecule has 2 rings (SSSR count). The minimum absolute atomic E-state index is 0. The average Bonchev–Trinajstić information content (AvgIpc) is 3.14. The molecule has 1 aromatic heterocycles. The summed E-state index contributed by atoms with van der Waals surface area (Å²) in [5.74, 6) is 1.28. The van der Waals surface area contributed by atoms with Crippen LogP contribution in [0.5, 0.6) is 0 Å². The Morgan fingerprint density at radius 3 is 2.63 bits per heavy atom. The first-order valence-corrected chi connectivity index (χ1v) is 10.3. The van der Waals surface area contributed by atoms with Crippen LogP contribution in [0.3, 0.4) is 0 Å². The summed E-state index contributed by atoms with van der Waals surface area (Å²) in [6.07, 6.45) is 3.06. The summed E-state index contributed by atoms with van der Waals surface area (Å²) < 4.78 is 0. The van der Waals surface area contributed by atoms with E-state index in [1.807, 2.05) is 18.2 Å². The van der Waals surface area contributed by atoms with E-state index in [-0.39, 0.29) is 30.6 Å². The molecule has 1 atom stereocenters. The maximum absolute atomic E-state index is 9.20. The second kappa shape index (κ2) is 13.9. The molecule has 0 radical (unpaired) electrons. The smallest absolute Gasteiger partial charge is 0.191 e. The third-order valence-electron chi connectivity index (χ3n) is 4.13. The van der Waals surface area contributed by atoms with Crippen molar-refractivity contribution in [1.82, 2.24) is 15.6 Å². The van der Waals surface area contributed by atoms with Gasteiger partial charge < -0.3 is 15.7 Å². The fourth-order valence-electron chi connectivity index (χ4n) is 2.79. The van der Waals surface area contributed by atoms with Crippen molar-refractivity contribution >= 4 is 41.3 Å². The van der Waals surface area contributed by atoms with Crippen molar-refractivity contribution in [2.24, 2.45) is 10.9 Å². The van der Waals surface area contributed by atoms with Crippen LogP contribution in [0, 0.1) is 5.92 Å². The summed E-state index contributed by atoms with van der Waals surface area (Å²) >= 11 is 1.64. The number of hydrogen-bond acceptors (Lipinski definition) is 4. The van der Waals surface area contributed by atoms with Crippen LogP contribution in [0.2, 0.25) is 0 Å². The fourth-order valence-corrected chi connectivity index (χ4v) is 3.52. The van der Waals surface area contributed by atoms with E-state index in [9.17, 15) is 5.11 Å². The van der Waals surface area contributed by atoms with Gasteiger partial charge >= 0.3 is 0 Å². The Balaban J connectivity index is 0.00000364. The first-order valence-electron chi connectivity index (χ1n) is 9.39. The Morgan fingerprint density at radius 1 is 1.19 bits per heavy atom. The SMILES string of the molecule is CCCC(CCO)CNC(=NCc1nc(-c2ccccc2)cs1)NCC.I. The van der Waals surface area contributed by atoms with Crippen LogP contribution in [-0.4, -0.2) is 35.7 Å². The van der Waals surface area contributed by atoms with E-state index in [4.69, 9.17) is 0 Å². The second-order valence-electron chi connectivity index (χ2n) is 6.24. The number of aliphatic hydroxyl groups is 1. The Kier molecular flexibility index (Phi) is 12.3. The van der Waals surface area contributed by atoms with Crippen LogP contribution in [0.25, 0.3) is 11.3 Å². The van der Waals surface area contributed by atoms with E-state index in [0.29, 0.717) is 12.5 Å². The largest absolute Gasteiger partial charge is 0.396 e. The number of rotatable bonds is 10. The van der Waals surface area contributed by atoms with Gasteiger partial charge in [0, 0.05) is 30.6 Å². The minimum atomic E-state index is 0. The summed E-state index contributed by atoms with van der Waals surface area (Å²) in [6, 6.07) is 10.2. The summed E-state index contributed by atoms with van der Waals surface area (Å²) in [5.41, 5.74) is 2.14. The highest BCUT2D eigenvalue weighted by Crippen LogP contribution is 2.21. The molecule has 1 unspecified atom stereocenters. The van der Waals surface area contributed by atoms with E-state index >= 15 is 0 Å². The lowest BCUT2D eigenvalue weighted by Gasteiger charge is -2.18. The summed E-state index contributed by atoms with van der Waals surface area (Å²) in [6.45, 7) is 6.68. The monoisotopic (exact) mass is 502 g/mol. The van der Waals surface area contributed by atoms with Crippen molar-refractivity contribution in [3.8, 4) is 11.3 Å². The van der Waals surface area contributed by atoms with Crippen LogP contribution in [-0.2, 0) is 6.54 Å². The molecule has 0 fully saturated rings. The van der Waals surface area contributed by atoms with E-state index in [1.54, 1.807) is 11.3 Å². The van der Waals surface area contributed by atoms with Gasteiger partial charge in [0.15, 0.2) is 5.96 Å². The zero-order valence-electron chi connectivity index (χ0n) is 16.1. The molecule has 3 N–H and O–H groups in total. The number of hydrogen-bond donors (Lipinski definition) is 3. The van der Waals surface area contributed by atoms with Crippen LogP contribution < -0.4 is 10.6 Å². The molecule has 0 amide bonds. The van der Waals surface area contributed by atoms with Crippen LogP contribution in [0.4, 0.5) is 0 Å². The number of guanidine groups is 1. The van der Waals surface area contributed by atoms with Gasteiger partial charge in [-0.1, -0.05) is 43.7 Å². The normalized spacial score (nSPS) is 12.3. The molecular formula is C20H31IN4OS. The van der Waals surface area contributed by atoms with E-state index < -0.39 is 0 Å². The standard InChI is InChI=1S/C20H30N4OS.HI/c1-3-8-16(11-12-25)13-22-20(21-4-2)23-14-19-24-18(15-26-19)17-9-6-5-7-10-17;/h5-7,9-10,15-16,25H,3-4,8,11-14H2,1-2H3,(H2,21,22,23);1H. The van der Waals surface area contributed by atoms with Gasteiger partial charge in [0.2, 0.25) is 0 Å². The summed E-state index contributed by atoms with van der Waals surface area (Å²) in [7, 11) is 0. The van der Waals surface area contributed by atoms with Gasteiger partial charge in [-0.3, -0.25) is 0 Å². The number of aliphatic imine (C=N–C) groups is 1. The van der Waals surface area contributed by atoms with E-state index in [0.717, 1.165) is 54.6 Å². The van der Waals surface area contributed by atoms with Crippen LogP contribution in [0.1, 0.15) is 38.1 Å². The third kappa shape index (κ3) is 8.57. The molecule has 1 heterocycles. The number of halogens is 1. The van der Waals surface area contributed by atoms with Crippen LogP contribution in [0.15, 0.2) is 40.7 Å². The topological polar surface area (TPSA) is 69.5 Å². The predicted molar refractivity (Wildman–Crippen MR) is 126 cm³/mol.